The maximum Gasteiger partial charge on any atom is 0.258 e. The Morgan fingerprint density at radius 2 is 2.20 bits per heavy atom. The van der Waals surface area contributed by atoms with Gasteiger partial charge in [-0.1, -0.05) is 23.2 Å². The van der Waals surface area contributed by atoms with Gasteiger partial charge in [-0.2, -0.15) is 0 Å². The van der Waals surface area contributed by atoms with Crippen molar-refractivity contribution in [2.24, 2.45) is 0 Å². The first-order valence-corrected chi connectivity index (χ1v) is 5.17. The second-order valence-electron chi connectivity index (χ2n) is 3.60. The van der Waals surface area contributed by atoms with E-state index < -0.39 is 5.60 Å². The predicted molar refractivity (Wildman–Crippen MR) is 59.4 cm³/mol. The number of benzene rings is 1. The number of epoxide rings is 1. The summed E-state index contributed by atoms with van der Waals surface area (Å²) in [5.74, 6) is -0.188. The quantitative estimate of drug-likeness (QED) is 0.815. The summed E-state index contributed by atoms with van der Waals surface area (Å²) >= 11 is 11.6. The van der Waals surface area contributed by atoms with Gasteiger partial charge in [0, 0.05) is 5.02 Å². The zero-order valence-electron chi connectivity index (χ0n) is 8.01. The molecule has 0 unspecified atom stereocenters. The van der Waals surface area contributed by atoms with Crippen molar-refractivity contribution in [3.05, 3.63) is 28.2 Å². The summed E-state index contributed by atoms with van der Waals surface area (Å²) in [6.07, 6.45) is 0. The van der Waals surface area contributed by atoms with E-state index in [1.165, 1.54) is 0 Å². The lowest BCUT2D eigenvalue weighted by molar-refractivity contribution is -0.120. The zero-order chi connectivity index (χ0) is 11.1. The van der Waals surface area contributed by atoms with Gasteiger partial charge in [-0.25, -0.2) is 0 Å². The largest absolute Gasteiger partial charge is 0.359 e. The lowest BCUT2D eigenvalue weighted by atomic mass is 10.2. The third-order valence-electron chi connectivity index (χ3n) is 2.24. The molecule has 1 aliphatic heterocycles. The third kappa shape index (κ3) is 2.25. The van der Waals surface area contributed by atoms with Gasteiger partial charge >= 0.3 is 0 Å². The summed E-state index contributed by atoms with van der Waals surface area (Å²) in [6, 6.07) is 4.91. The minimum Gasteiger partial charge on any atom is -0.359 e. The maximum absolute atomic E-state index is 11.6. The Kier molecular flexibility index (Phi) is 2.63. The first-order valence-electron chi connectivity index (χ1n) is 4.42. The van der Waals surface area contributed by atoms with Crippen molar-refractivity contribution in [3.8, 4) is 0 Å². The Bertz CT molecular complexity index is 416. The highest BCUT2D eigenvalue weighted by Gasteiger charge is 2.47. The minimum atomic E-state index is -0.692. The molecule has 15 heavy (non-hydrogen) atoms. The number of halogens is 2. The Labute approximate surface area is 97.3 Å². The highest BCUT2D eigenvalue weighted by molar-refractivity contribution is 6.36. The molecular formula is C10H9Cl2NO2. The molecule has 0 saturated carbocycles. The van der Waals surface area contributed by atoms with Crippen LogP contribution in [0, 0.1) is 0 Å². The minimum absolute atomic E-state index is 0.188. The number of carbonyl (C=O) groups excluding carboxylic acids is 1. The summed E-state index contributed by atoms with van der Waals surface area (Å²) in [5, 5.41) is 3.64. The number of amides is 1. The average molecular weight is 246 g/mol. The second kappa shape index (κ2) is 3.67. The maximum atomic E-state index is 11.6. The van der Waals surface area contributed by atoms with Crippen LogP contribution in [0.1, 0.15) is 6.92 Å². The number of anilines is 1. The summed E-state index contributed by atoms with van der Waals surface area (Å²) in [7, 11) is 0. The lowest BCUT2D eigenvalue weighted by Crippen LogP contribution is -2.28. The fourth-order valence-electron chi connectivity index (χ4n) is 1.08. The van der Waals surface area contributed by atoms with E-state index in [2.05, 4.69) is 5.32 Å². The van der Waals surface area contributed by atoms with Crippen molar-refractivity contribution in [1.82, 2.24) is 0 Å². The van der Waals surface area contributed by atoms with Crippen molar-refractivity contribution in [2.45, 2.75) is 12.5 Å². The van der Waals surface area contributed by atoms with E-state index in [4.69, 9.17) is 27.9 Å². The Balaban J connectivity index is 2.14. The van der Waals surface area contributed by atoms with Gasteiger partial charge in [-0.05, 0) is 25.1 Å². The smallest absolute Gasteiger partial charge is 0.258 e. The summed E-state index contributed by atoms with van der Waals surface area (Å²) in [6.45, 7) is 2.18. The molecule has 3 nitrogen and oxygen atoms in total. The van der Waals surface area contributed by atoms with Gasteiger partial charge in [-0.3, -0.25) is 4.79 Å². The second-order valence-corrected chi connectivity index (χ2v) is 4.44. The molecule has 0 aromatic heterocycles. The number of carbonyl (C=O) groups is 1. The number of rotatable bonds is 2. The molecule has 2 rings (SSSR count). The van der Waals surface area contributed by atoms with Gasteiger partial charge in [0.2, 0.25) is 0 Å². The first kappa shape index (κ1) is 10.7. The molecule has 0 spiro atoms. The summed E-state index contributed by atoms with van der Waals surface area (Å²) in [5.41, 5.74) is -0.147. The predicted octanol–water partition coefficient (Wildman–Crippen LogP) is 2.72. The van der Waals surface area contributed by atoms with Crippen LogP contribution in [0.2, 0.25) is 10.0 Å². The monoisotopic (exact) mass is 245 g/mol. The van der Waals surface area contributed by atoms with Crippen molar-refractivity contribution in [1.29, 1.82) is 0 Å². The van der Waals surface area contributed by atoms with Crippen molar-refractivity contribution in [3.63, 3.8) is 0 Å². The van der Waals surface area contributed by atoms with Gasteiger partial charge in [0.25, 0.3) is 5.91 Å². The van der Waals surface area contributed by atoms with Crippen molar-refractivity contribution in [2.75, 3.05) is 11.9 Å². The topological polar surface area (TPSA) is 41.6 Å². The van der Waals surface area contributed by atoms with E-state index in [9.17, 15) is 4.79 Å². The Morgan fingerprint density at radius 1 is 1.53 bits per heavy atom. The molecule has 1 saturated heterocycles. The molecule has 1 aromatic carbocycles. The highest BCUT2D eigenvalue weighted by Crippen LogP contribution is 2.30. The summed E-state index contributed by atoms with van der Waals surface area (Å²) in [4.78, 5) is 11.6. The number of nitrogens with one attached hydrogen (secondary N) is 1. The van der Waals surface area contributed by atoms with Gasteiger partial charge in [0.15, 0.2) is 5.60 Å². The fraction of sp³-hybridized carbons (Fsp3) is 0.300. The van der Waals surface area contributed by atoms with E-state index in [1.807, 2.05) is 0 Å². The zero-order valence-corrected chi connectivity index (χ0v) is 9.52. The van der Waals surface area contributed by atoms with E-state index >= 15 is 0 Å². The normalized spacial score (nSPS) is 23.7. The van der Waals surface area contributed by atoms with Crippen LogP contribution in [0.4, 0.5) is 5.69 Å². The van der Waals surface area contributed by atoms with Crippen molar-refractivity contribution >= 4 is 34.8 Å². The average Bonchev–Trinajstić information content (AvgIpc) is 2.90. The van der Waals surface area contributed by atoms with Crippen LogP contribution in [0.15, 0.2) is 18.2 Å². The van der Waals surface area contributed by atoms with E-state index in [0.29, 0.717) is 22.3 Å². The molecule has 1 atom stereocenters. The van der Waals surface area contributed by atoms with Crippen LogP contribution in [-0.2, 0) is 9.53 Å². The molecule has 0 bridgehead atoms. The van der Waals surface area contributed by atoms with Crippen LogP contribution in [-0.4, -0.2) is 18.1 Å². The molecule has 1 aromatic rings. The number of hydrogen-bond acceptors (Lipinski definition) is 2. The standard InChI is InChI=1S/C10H9Cl2NO2/c1-10(5-15-10)9(14)13-8-3-2-6(11)4-7(8)12/h2-4H,5H2,1H3,(H,13,14)/t10-/m1/s1. The van der Waals surface area contributed by atoms with Crippen LogP contribution in [0.3, 0.4) is 0 Å². The molecule has 5 heteroatoms. The Hall–Kier alpha value is -0.770. The number of ether oxygens (including phenoxy) is 1. The molecule has 0 aliphatic carbocycles. The molecule has 1 heterocycles. The molecule has 0 radical (unpaired) electrons. The van der Waals surface area contributed by atoms with Gasteiger partial charge in [0.1, 0.15) is 0 Å². The van der Waals surface area contributed by atoms with Gasteiger partial charge < -0.3 is 10.1 Å². The van der Waals surface area contributed by atoms with E-state index in [1.54, 1.807) is 25.1 Å². The van der Waals surface area contributed by atoms with Gasteiger partial charge in [-0.15, -0.1) is 0 Å². The first-order chi connectivity index (χ1) is 7.01. The van der Waals surface area contributed by atoms with Crippen LogP contribution in [0.25, 0.3) is 0 Å². The Morgan fingerprint density at radius 3 is 2.73 bits per heavy atom. The molecular weight excluding hydrogens is 237 g/mol. The molecule has 1 fully saturated rings. The SMILES string of the molecule is C[C@]1(C(=O)Nc2ccc(Cl)cc2Cl)CO1. The lowest BCUT2D eigenvalue weighted by Gasteiger charge is -2.09. The number of hydrogen-bond donors (Lipinski definition) is 1. The van der Waals surface area contributed by atoms with Crippen LogP contribution in [0.5, 0.6) is 0 Å². The van der Waals surface area contributed by atoms with Gasteiger partial charge in [0.05, 0.1) is 17.3 Å². The third-order valence-corrected chi connectivity index (χ3v) is 2.78. The van der Waals surface area contributed by atoms with Crippen molar-refractivity contribution < 1.29 is 9.53 Å². The fourth-order valence-corrected chi connectivity index (χ4v) is 1.54. The van der Waals surface area contributed by atoms with E-state index in [-0.39, 0.29) is 5.91 Å². The molecule has 1 N–H and O–H groups in total. The van der Waals surface area contributed by atoms with Crippen LogP contribution < -0.4 is 5.32 Å². The summed E-state index contributed by atoms with van der Waals surface area (Å²) < 4.78 is 5.01. The highest BCUT2D eigenvalue weighted by atomic mass is 35.5. The molecule has 1 aliphatic rings. The molecule has 80 valence electrons. The van der Waals surface area contributed by atoms with Crippen LogP contribution >= 0.6 is 23.2 Å². The molecule has 1 amide bonds. The van der Waals surface area contributed by atoms with E-state index in [0.717, 1.165) is 0 Å².